The Hall–Kier alpha value is -2.16. The van der Waals surface area contributed by atoms with Crippen molar-refractivity contribution in [1.29, 1.82) is 0 Å². The summed E-state index contributed by atoms with van der Waals surface area (Å²) >= 11 is 0. The van der Waals surface area contributed by atoms with Gasteiger partial charge in [-0.25, -0.2) is 0 Å². The minimum atomic E-state index is -0.0596. The first kappa shape index (κ1) is 21.7. The van der Waals surface area contributed by atoms with Crippen LogP contribution in [0.5, 0.6) is 0 Å². The average molecular weight is 443 g/mol. The summed E-state index contributed by atoms with van der Waals surface area (Å²) in [6.07, 6.45) is 0.819. The zero-order chi connectivity index (χ0) is 22.2. The Morgan fingerprint density at radius 1 is 1.00 bits per heavy atom. The molecule has 8 heteroatoms. The molecule has 4 atom stereocenters. The van der Waals surface area contributed by atoms with Gasteiger partial charge in [0.05, 0.1) is 32.3 Å². The number of amides is 2. The molecule has 5 rings (SSSR count). The summed E-state index contributed by atoms with van der Waals surface area (Å²) in [5.74, 6) is 0.230. The van der Waals surface area contributed by atoms with Crippen molar-refractivity contribution in [3.63, 3.8) is 0 Å². The molecule has 2 amide bonds. The van der Waals surface area contributed by atoms with Crippen LogP contribution in [0.25, 0.3) is 0 Å². The maximum Gasteiger partial charge on any atom is 0.254 e. The highest BCUT2D eigenvalue weighted by Gasteiger charge is 2.52. The molecule has 2 bridgehead atoms. The Labute approximate surface area is 190 Å². The fourth-order valence-electron chi connectivity index (χ4n) is 5.94. The molecule has 0 spiro atoms. The second-order valence-corrected chi connectivity index (χ2v) is 9.44. The summed E-state index contributed by atoms with van der Waals surface area (Å²) in [5, 5.41) is 0. The summed E-state index contributed by atoms with van der Waals surface area (Å²) in [4.78, 5) is 35.5. The minimum absolute atomic E-state index is 0.0201. The van der Waals surface area contributed by atoms with Gasteiger partial charge in [0.2, 0.25) is 5.91 Å². The van der Waals surface area contributed by atoms with E-state index in [9.17, 15) is 9.59 Å². The smallest absolute Gasteiger partial charge is 0.254 e. The van der Waals surface area contributed by atoms with E-state index in [1.165, 1.54) is 0 Å². The van der Waals surface area contributed by atoms with Crippen molar-refractivity contribution in [2.24, 2.45) is 5.92 Å². The molecule has 0 radical (unpaired) electrons. The summed E-state index contributed by atoms with van der Waals surface area (Å²) < 4.78 is 10.9. The first-order chi connectivity index (χ1) is 15.5. The Kier molecular flexibility index (Phi) is 6.09. The summed E-state index contributed by atoms with van der Waals surface area (Å²) in [5.41, 5.74) is 1.80. The molecule has 0 aromatic heterocycles. The number of nitrogens with zero attached hydrogens (tertiary/aromatic N) is 4. The van der Waals surface area contributed by atoms with Crippen LogP contribution >= 0.6 is 0 Å². The van der Waals surface area contributed by atoms with Crippen molar-refractivity contribution in [2.75, 3.05) is 71.1 Å². The molecule has 1 aromatic carbocycles. The van der Waals surface area contributed by atoms with E-state index in [1.54, 1.807) is 0 Å². The molecule has 4 aliphatic rings. The van der Waals surface area contributed by atoms with Gasteiger partial charge in [-0.3, -0.25) is 14.5 Å². The van der Waals surface area contributed by atoms with Gasteiger partial charge in [0, 0.05) is 62.1 Å². The van der Waals surface area contributed by atoms with Gasteiger partial charge in [-0.15, -0.1) is 0 Å². The van der Waals surface area contributed by atoms with Crippen LogP contribution in [0.4, 0.5) is 5.69 Å². The topological polar surface area (TPSA) is 65.6 Å². The van der Waals surface area contributed by atoms with E-state index in [-0.39, 0.29) is 35.9 Å². The first-order valence-corrected chi connectivity index (χ1v) is 11.9. The van der Waals surface area contributed by atoms with E-state index >= 15 is 0 Å². The van der Waals surface area contributed by atoms with Crippen molar-refractivity contribution in [3.05, 3.63) is 29.8 Å². The number of rotatable bonds is 3. The molecule has 4 aliphatic heterocycles. The van der Waals surface area contributed by atoms with E-state index in [4.69, 9.17) is 9.47 Å². The lowest BCUT2D eigenvalue weighted by Crippen LogP contribution is -2.60. The zero-order valence-electron chi connectivity index (χ0n) is 19.1. The quantitative estimate of drug-likeness (QED) is 0.694. The van der Waals surface area contributed by atoms with Crippen molar-refractivity contribution in [1.82, 2.24) is 14.7 Å². The zero-order valence-corrected chi connectivity index (χ0v) is 19.1. The van der Waals surface area contributed by atoms with Gasteiger partial charge in [-0.2, -0.15) is 0 Å². The third-order valence-electron chi connectivity index (χ3n) is 7.75. The average Bonchev–Trinajstić information content (AvgIpc) is 3.08. The number of morpholine rings is 2. The van der Waals surface area contributed by atoms with Gasteiger partial charge >= 0.3 is 0 Å². The number of anilines is 1. The largest absolute Gasteiger partial charge is 0.378 e. The molecule has 0 aliphatic carbocycles. The molecule has 8 nitrogen and oxygen atoms in total. The van der Waals surface area contributed by atoms with Crippen molar-refractivity contribution in [3.8, 4) is 0 Å². The Morgan fingerprint density at radius 3 is 2.41 bits per heavy atom. The lowest BCUT2D eigenvalue weighted by atomic mass is 9.92. The second-order valence-electron chi connectivity index (χ2n) is 9.44. The Bertz CT molecular complexity index is 852. The number of likely N-dealkylation sites (N-methyl/N-ethyl adjacent to an activating group) is 1. The molecule has 0 N–H and O–H groups in total. The van der Waals surface area contributed by atoms with Crippen LogP contribution in [0.2, 0.25) is 0 Å². The number of carbonyl (C=O) groups is 2. The van der Waals surface area contributed by atoms with Gasteiger partial charge in [0.15, 0.2) is 0 Å². The predicted octanol–water partition coefficient (Wildman–Crippen LogP) is 0.915. The number of hydrogen-bond donors (Lipinski definition) is 0. The fourth-order valence-corrected chi connectivity index (χ4v) is 5.94. The molecule has 4 heterocycles. The van der Waals surface area contributed by atoms with Crippen LogP contribution in [0, 0.1) is 5.92 Å². The summed E-state index contributed by atoms with van der Waals surface area (Å²) in [7, 11) is 2.11. The third kappa shape index (κ3) is 3.89. The highest BCUT2D eigenvalue weighted by molar-refractivity contribution is 5.95. The maximum absolute atomic E-state index is 13.6. The molecule has 4 saturated heterocycles. The lowest BCUT2D eigenvalue weighted by Gasteiger charge is -2.45. The number of fused-ring (bicyclic) bond motifs is 2. The summed E-state index contributed by atoms with van der Waals surface area (Å²) in [6, 6.07) is 8.21. The van der Waals surface area contributed by atoms with Crippen molar-refractivity contribution < 1.29 is 19.1 Å². The third-order valence-corrected chi connectivity index (χ3v) is 7.75. The van der Waals surface area contributed by atoms with Crippen LogP contribution < -0.4 is 4.90 Å². The van der Waals surface area contributed by atoms with Crippen LogP contribution in [0.15, 0.2) is 24.3 Å². The Morgan fingerprint density at radius 2 is 1.69 bits per heavy atom. The second kappa shape index (κ2) is 9.00. The first-order valence-electron chi connectivity index (χ1n) is 11.9. The van der Waals surface area contributed by atoms with Gasteiger partial charge in [-0.1, -0.05) is 6.07 Å². The number of benzene rings is 1. The standard InChI is InChI=1S/C24H34N4O4/c1-17-22-21(24(30)27-8-12-32-13-9-27)15-20(25(22)2)16-28(17)23(29)18-4-3-5-19(14-18)26-6-10-31-11-7-26/h3-5,14,17,20-22H,6-13,15-16H2,1-2H3/t17?,20-,21+,22-/m1/s1. The number of hydrogen-bond acceptors (Lipinski definition) is 6. The van der Waals surface area contributed by atoms with Crippen molar-refractivity contribution in [2.45, 2.75) is 31.5 Å². The minimum Gasteiger partial charge on any atom is -0.378 e. The van der Waals surface area contributed by atoms with Gasteiger partial charge < -0.3 is 24.2 Å². The number of likely N-dealkylation sites (tertiary alicyclic amines) is 1. The summed E-state index contributed by atoms with van der Waals surface area (Å²) in [6.45, 7) is 8.46. The molecular weight excluding hydrogens is 408 g/mol. The normalized spacial score (nSPS) is 31.1. The van der Waals surface area contributed by atoms with Crippen LogP contribution in [0.1, 0.15) is 23.7 Å². The van der Waals surface area contributed by atoms with Crippen LogP contribution in [0.3, 0.4) is 0 Å². The molecule has 0 saturated carbocycles. The van der Waals surface area contributed by atoms with E-state index in [0.29, 0.717) is 32.8 Å². The predicted molar refractivity (Wildman–Crippen MR) is 121 cm³/mol. The fraction of sp³-hybridized carbons (Fsp3) is 0.667. The molecule has 1 aromatic rings. The number of piperazine rings is 1. The van der Waals surface area contributed by atoms with Gasteiger partial charge in [-0.05, 0) is 38.6 Å². The lowest BCUT2D eigenvalue weighted by molar-refractivity contribution is -0.141. The van der Waals surface area contributed by atoms with E-state index in [0.717, 1.165) is 44.0 Å². The SMILES string of the molecule is CC1[C@@H]2[C@@H](C(=O)N3CCOCC3)C[C@H](CN1C(=O)c1cccc(N3CCOCC3)c1)N2C. The van der Waals surface area contributed by atoms with Gasteiger partial charge in [0.1, 0.15) is 0 Å². The number of carbonyl (C=O) groups excluding carboxylic acids is 2. The molecule has 1 unspecified atom stereocenters. The monoisotopic (exact) mass is 442 g/mol. The Balaban J connectivity index is 1.33. The molecule has 4 fully saturated rings. The molecular formula is C24H34N4O4. The highest BCUT2D eigenvalue weighted by Crippen LogP contribution is 2.39. The number of ether oxygens (including phenoxy) is 2. The highest BCUT2D eigenvalue weighted by atomic mass is 16.5. The van der Waals surface area contributed by atoms with Crippen LogP contribution in [-0.4, -0.2) is 111 Å². The van der Waals surface area contributed by atoms with Crippen LogP contribution in [-0.2, 0) is 14.3 Å². The van der Waals surface area contributed by atoms with Gasteiger partial charge in [0.25, 0.3) is 5.91 Å². The van der Waals surface area contributed by atoms with E-state index in [2.05, 4.69) is 29.8 Å². The molecule has 32 heavy (non-hydrogen) atoms. The van der Waals surface area contributed by atoms with E-state index < -0.39 is 0 Å². The van der Waals surface area contributed by atoms with Crippen molar-refractivity contribution >= 4 is 17.5 Å². The maximum atomic E-state index is 13.6. The molecule has 174 valence electrons. The van der Waals surface area contributed by atoms with E-state index in [1.807, 2.05) is 28.0 Å².